The van der Waals surface area contributed by atoms with E-state index in [0.29, 0.717) is 0 Å². The molecule has 0 unspecified atom stereocenters. The van der Waals surface area contributed by atoms with E-state index in [1.165, 1.54) is 16.3 Å². The molecule has 0 fully saturated rings. The van der Waals surface area contributed by atoms with E-state index in [0.717, 1.165) is 19.4 Å². The Hall–Kier alpha value is -0.0500. The molecule has 24 heavy (non-hydrogen) atoms. The van der Waals surface area contributed by atoms with Gasteiger partial charge in [-0.3, -0.25) is 6.08 Å². The standard InChI is InChI=1S/C14H19OSi.C5H5.2ClH.Zr/c1-16(2,3)15-11-10-13-9-8-12-6-4-5-7-14(12)13;1-2-4-5-3-1;;;/h4-9H,10-11H2,1-3H3;1-3H,4H2;2*1H;/q2*-1;;;+2/p-2. The average molecular weight is 459 g/mol. The van der Waals surface area contributed by atoms with Gasteiger partial charge >= 0.3 is 26.2 Å². The molecule has 0 saturated carbocycles. The molecule has 1 aliphatic carbocycles. The van der Waals surface area contributed by atoms with E-state index in [-0.39, 0.29) is 51.0 Å². The molecule has 3 rings (SSSR count). The molecule has 0 bridgehead atoms. The first kappa shape index (κ1) is 26.2. The van der Waals surface area contributed by atoms with Gasteiger partial charge in [0.15, 0.2) is 8.32 Å². The Morgan fingerprint density at radius 2 is 1.83 bits per heavy atom. The zero-order chi connectivity index (χ0) is 15.1. The summed E-state index contributed by atoms with van der Waals surface area (Å²) in [6.45, 7) is 7.55. The fourth-order valence-corrected chi connectivity index (χ4v) is 2.95. The summed E-state index contributed by atoms with van der Waals surface area (Å²) in [5.41, 5.74) is 1.41. The van der Waals surface area contributed by atoms with E-state index in [4.69, 9.17) is 4.43 Å². The van der Waals surface area contributed by atoms with E-state index in [1.807, 2.05) is 12.2 Å². The van der Waals surface area contributed by atoms with Crippen LogP contribution in [0.5, 0.6) is 0 Å². The van der Waals surface area contributed by atoms with Crippen molar-refractivity contribution in [3.8, 4) is 0 Å². The predicted octanol–water partition coefficient (Wildman–Crippen LogP) is -0.736. The minimum atomic E-state index is -1.36. The number of halogens is 2. The van der Waals surface area contributed by atoms with Gasteiger partial charge in [-0.2, -0.15) is 12.1 Å². The van der Waals surface area contributed by atoms with Gasteiger partial charge in [0.2, 0.25) is 0 Å². The van der Waals surface area contributed by atoms with Crippen LogP contribution in [0.25, 0.3) is 10.8 Å². The normalized spacial score (nSPS) is 11.8. The molecule has 5 heteroatoms. The van der Waals surface area contributed by atoms with Gasteiger partial charge in [-0.05, 0) is 26.1 Å². The van der Waals surface area contributed by atoms with Gasteiger partial charge in [0.05, 0.1) is 0 Å². The van der Waals surface area contributed by atoms with Crippen LogP contribution in [0, 0.1) is 6.08 Å². The monoisotopic (exact) mass is 456 g/mol. The number of hydrogen-bond donors (Lipinski definition) is 0. The van der Waals surface area contributed by atoms with Crippen LogP contribution in [0.15, 0.2) is 54.6 Å². The molecule has 0 spiro atoms. The van der Waals surface area contributed by atoms with Crippen LogP contribution in [0.2, 0.25) is 19.6 Å². The van der Waals surface area contributed by atoms with Gasteiger partial charge in [-0.25, -0.2) is 12.2 Å². The Morgan fingerprint density at radius 1 is 1.12 bits per heavy atom. The number of allylic oxidation sites excluding steroid dienone is 4. The van der Waals surface area contributed by atoms with Crippen molar-refractivity contribution in [2.75, 3.05) is 6.61 Å². The van der Waals surface area contributed by atoms with Crippen LogP contribution in [0.3, 0.4) is 0 Å². The summed E-state index contributed by atoms with van der Waals surface area (Å²) in [5, 5.41) is 2.71. The Kier molecular flexibility index (Phi) is 14.4. The van der Waals surface area contributed by atoms with Crippen molar-refractivity contribution >= 4 is 19.1 Å². The number of rotatable bonds is 4. The summed E-state index contributed by atoms with van der Waals surface area (Å²) in [5.74, 6) is 0. The van der Waals surface area contributed by atoms with Crippen molar-refractivity contribution in [2.24, 2.45) is 0 Å². The predicted molar refractivity (Wildman–Crippen MR) is 94.1 cm³/mol. The fourth-order valence-electron chi connectivity index (χ4n) is 2.24. The Morgan fingerprint density at radius 3 is 2.38 bits per heavy atom. The summed E-state index contributed by atoms with van der Waals surface area (Å²) in [6, 6.07) is 13.0. The Labute approximate surface area is 179 Å². The van der Waals surface area contributed by atoms with Crippen molar-refractivity contribution in [1.82, 2.24) is 0 Å². The topological polar surface area (TPSA) is 9.23 Å². The molecule has 0 N–H and O–H groups in total. The Balaban J connectivity index is 0. The third-order valence-corrected chi connectivity index (χ3v) is 4.33. The van der Waals surface area contributed by atoms with E-state index in [2.05, 4.69) is 68.2 Å². The molecular weight excluding hydrogens is 434 g/mol. The summed E-state index contributed by atoms with van der Waals surface area (Å²) in [6.07, 6.45) is 11.0. The maximum Gasteiger partial charge on any atom is 2.00 e. The smallest absolute Gasteiger partial charge is 1.00 e. The van der Waals surface area contributed by atoms with Gasteiger partial charge < -0.3 is 29.2 Å². The number of benzene rings is 1. The van der Waals surface area contributed by atoms with Crippen LogP contribution < -0.4 is 24.8 Å². The summed E-state index contributed by atoms with van der Waals surface area (Å²) >= 11 is 0. The third-order valence-electron chi connectivity index (χ3n) is 3.26. The SMILES string of the molecule is C[Si](C)(C)OCC[c-]1ccc2ccccc21.[C-]1=CC=CC1.[Cl-].[Cl-].[Zr+2]. The summed E-state index contributed by atoms with van der Waals surface area (Å²) < 4.78 is 5.89. The van der Waals surface area contributed by atoms with E-state index in [9.17, 15) is 0 Å². The van der Waals surface area contributed by atoms with Crippen LogP contribution in [-0.4, -0.2) is 14.9 Å². The van der Waals surface area contributed by atoms with E-state index >= 15 is 0 Å². The maximum atomic E-state index is 5.89. The molecule has 1 nitrogen and oxygen atoms in total. The molecular formula is C19H24Cl2OSiZr-2. The fraction of sp³-hybridized carbons (Fsp3) is 0.316. The van der Waals surface area contributed by atoms with Crippen molar-refractivity contribution in [3.05, 3.63) is 66.3 Å². The first-order valence-electron chi connectivity index (χ1n) is 7.55. The molecule has 0 atom stereocenters. The molecule has 0 heterocycles. The van der Waals surface area contributed by atoms with Crippen molar-refractivity contribution in [3.63, 3.8) is 0 Å². The summed E-state index contributed by atoms with van der Waals surface area (Å²) in [7, 11) is -1.36. The Bertz CT molecular complexity index is 620. The van der Waals surface area contributed by atoms with Gasteiger partial charge in [0.1, 0.15) is 0 Å². The molecule has 0 aromatic heterocycles. The second kappa shape index (κ2) is 13.2. The van der Waals surface area contributed by atoms with Gasteiger partial charge in [0.25, 0.3) is 0 Å². The molecule has 0 amide bonds. The van der Waals surface area contributed by atoms with Crippen LogP contribution in [0.1, 0.15) is 12.0 Å². The largest absolute Gasteiger partial charge is 2.00 e. The van der Waals surface area contributed by atoms with Gasteiger partial charge in [0, 0.05) is 6.61 Å². The zero-order valence-corrected chi connectivity index (χ0v) is 19.5. The van der Waals surface area contributed by atoms with Crippen molar-refractivity contribution in [1.29, 1.82) is 0 Å². The molecule has 0 aliphatic heterocycles. The average Bonchev–Trinajstić information content (AvgIpc) is 3.10. The zero-order valence-electron chi connectivity index (χ0n) is 14.5. The molecule has 0 saturated heterocycles. The summed E-state index contributed by atoms with van der Waals surface area (Å²) in [4.78, 5) is 0. The quantitative estimate of drug-likeness (QED) is 0.434. The van der Waals surface area contributed by atoms with Gasteiger partial charge in [-0.15, -0.1) is 47.0 Å². The molecule has 2 aromatic rings. The van der Waals surface area contributed by atoms with Gasteiger partial charge in [-0.1, -0.05) is 6.07 Å². The number of fused-ring (bicyclic) bond motifs is 1. The first-order valence-corrected chi connectivity index (χ1v) is 11.0. The number of hydrogen-bond acceptors (Lipinski definition) is 1. The molecule has 130 valence electrons. The second-order valence-electron chi connectivity index (χ2n) is 6.16. The van der Waals surface area contributed by atoms with Crippen molar-refractivity contribution in [2.45, 2.75) is 32.5 Å². The molecule has 2 aromatic carbocycles. The first-order chi connectivity index (χ1) is 10.1. The van der Waals surface area contributed by atoms with E-state index in [1.54, 1.807) is 0 Å². The second-order valence-corrected chi connectivity index (χ2v) is 10.7. The molecule has 0 radical (unpaired) electrons. The van der Waals surface area contributed by atoms with Crippen LogP contribution in [0.4, 0.5) is 0 Å². The maximum absolute atomic E-state index is 5.89. The van der Waals surface area contributed by atoms with Crippen LogP contribution >= 0.6 is 0 Å². The van der Waals surface area contributed by atoms with E-state index < -0.39 is 8.32 Å². The van der Waals surface area contributed by atoms with Crippen LogP contribution in [-0.2, 0) is 37.1 Å². The van der Waals surface area contributed by atoms with Crippen molar-refractivity contribution < 1.29 is 55.4 Å². The minimum Gasteiger partial charge on any atom is -1.00 e. The minimum absolute atomic E-state index is 0. The third kappa shape index (κ3) is 9.44. The molecule has 1 aliphatic rings.